The van der Waals surface area contributed by atoms with Crippen LogP contribution in [0.1, 0.15) is 63.4 Å². The molecule has 6 rings (SSSR count). The Kier molecular flexibility index (Phi) is 3.11. The van der Waals surface area contributed by atoms with Crippen LogP contribution >= 0.6 is 0 Å². The maximum atomic E-state index is 12.8. The van der Waals surface area contributed by atoms with Crippen LogP contribution in [0.3, 0.4) is 0 Å². The van der Waals surface area contributed by atoms with Gasteiger partial charge in [-0.15, -0.1) is 0 Å². The van der Waals surface area contributed by atoms with Crippen LogP contribution in [0, 0.1) is 0 Å². The van der Waals surface area contributed by atoms with E-state index in [0.717, 1.165) is 68.1 Å². The number of aromatic amines is 1. The van der Waals surface area contributed by atoms with Gasteiger partial charge < -0.3 is 10.1 Å². The van der Waals surface area contributed by atoms with Gasteiger partial charge in [0.2, 0.25) is 0 Å². The lowest BCUT2D eigenvalue weighted by atomic mass is 9.58. The molecule has 7 nitrogen and oxygen atoms in total. The van der Waals surface area contributed by atoms with Crippen molar-refractivity contribution in [2.24, 2.45) is 4.99 Å². The van der Waals surface area contributed by atoms with Crippen molar-refractivity contribution in [3.63, 3.8) is 0 Å². The Bertz CT molecular complexity index is 743. The Hall–Kier alpha value is -1.89. The molecule has 2 N–H and O–H groups in total. The highest BCUT2D eigenvalue weighted by molar-refractivity contribution is 6.18. The van der Waals surface area contributed by atoms with E-state index in [2.05, 4.69) is 16.9 Å². The largest absolute Gasteiger partial charge is 0.390 e. The number of aromatic nitrogens is 2. The average molecular weight is 343 g/mol. The number of hydrogen-bond acceptors (Lipinski definition) is 4. The normalized spacial score (nSPS) is 33.5. The second-order valence-electron chi connectivity index (χ2n) is 8.08. The average Bonchev–Trinajstić information content (AvgIpc) is 3.27. The molecule has 2 amide bonds. The van der Waals surface area contributed by atoms with Crippen LogP contribution in [-0.4, -0.2) is 57.1 Å². The molecule has 7 heteroatoms. The quantitative estimate of drug-likeness (QED) is 0.882. The molecule has 2 bridgehead atoms. The van der Waals surface area contributed by atoms with E-state index in [1.54, 1.807) is 9.80 Å². The lowest BCUT2D eigenvalue weighted by Crippen LogP contribution is -2.50. The summed E-state index contributed by atoms with van der Waals surface area (Å²) in [5, 5.41) is 10.5. The van der Waals surface area contributed by atoms with Gasteiger partial charge in [0.1, 0.15) is 11.5 Å². The van der Waals surface area contributed by atoms with Crippen molar-refractivity contribution >= 4 is 17.7 Å². The molecule has 0 aromatic carbocycles. The van der Waals surface area contributed by atoms with E-state index in [0.29, 0.717) is 19.6 Å². The number of amidine groups is 1. The fraction of sp³-hybridized carbons (Fsp3) is 0.722. The van der Waals surface area contributed by atoms with Crippen LogP contribution < -0.4 is 4.90 Å². The van der Waals surface area contributed by atoms with Crippen LogP contribution in [0.4, 0.5) is 10.6 Å². The molecule has 0 saturated heterocycles. The molecule has 0 radical (unpaired) electrons. The third kappa shape index (κ3) is 2.05. The number of hydrogen-bond donors (Lipinski definition) is 2. The van der Waals surface area contributed by atoms with Gasteiger partial charge in [-0.1, -0.05) is 6.92 Å². The number of nitrogens with one attached hydrogen (secondary N) is 1. The second kappa shape index (κ2) is 5.06. The summed E-state index contributed by atoms with van der Waals surface area (Å²) in [6.07, 6.45) is 6.34. The van der Waals surface area contributed by atoms with Gasteiger partial charge in [-0.2, -0.15) is 0 Å². The SMILES string of the molecule is CCCN1C(=O)N2CCN=C2c2[nH]c(C34CCC(O)(CC3)CC4)nc21. The Labute approximate surface area is 147 Å². The summed E-state index contributed by atoms with van der Waals surface area (Å²) in [4.78, 5) is 29.5. The number of aliphatic imine (C=N–C) groups is 1. The Morgan fingerprint density at radius 2 is 1.92 bits per heavy atom. The number of imidazole rings is 1. The van der Waals surface area contributed by atoms with Gasteiger partial charge in [-0.3, -0.25) is 14.8 Å². The van der Waals surface area contributed by atoms with Crippen LogP contribution in [0.25, 0.3) is 0 Å². The number of nitrogens with zero attached hydrogens (tertiary/aromatic N) is 4. The molecule has 3 fully saturated rings. The third-order valence-electron chi connectivity index (χ3n) is 6.62. The van der Waals surface area contributed by atoms with Crippen LogP contribution in [-0.2, 0) is 5.41 Å². The molecule has 0 unspecified atom stereocenters. The van der Waals surface area contributed by atoms with Crippen molar-refractivity contribution < 1.29 is 9.90 Å². The fourth-order valence-electron chi connectivity index (χ4n) is 5.00. The molecule has 0 atom stereocenters. The minimum Gasteiger partial charge on any atom is -0.390 e. The third-order valence-corrected chi connectivity index (χ3v) is 6.62. The predicted molar refractivity (Wildman–Crippen MR) is 94.1 cm³/mol. The van der Waals surface area contributed by atoms with Gasteiger partial charge in [0.05, 0.1) is 12.1 Å². The minimum absolute atomic E-state index is 0.00261. The predicted octanol–water partition coefficient (Wildman–Crippen LogP) is 2.16. The van der Waals surface area contributed by atoms with Crippen LogP contribution in [0.5, 0.6) is 0 Å². The number of urea groups is 1. The number of carbonyl (C=O) groups excluding carboxylic acids is 1. The van der Waals surface area contributed by atoms with E-state index in [4.69, 9.17) is 4.98 Å². The molecular weight excluding hydrogens is 318 g/mol. The molecule has 3 heterocycles. The summed E-state index contributed by atoms with van der Waals surface area (Å²) in [7, 11) is 0. The van der Waals surface area contributed by atoms with E-state index in [9.17, 15) is 9.90 Å². The summed E-state index contributed by atoms with van der Waals surface area (Å²) >= 11 is 0. The summed E-state index contributed by atoms with van der Waals surface area (Å²) in [5.41, 5.74) is 0.471. The Balaban J connectivity index is 1.58. The summed E-state index contributed by atoms with van der Waals surface area (Å²) in [6, 6.07) is 0.00261. The van der Waals surface area contributed by atoms with Crippen molar-refractivity contribution in [2.75, 3.05) is 24.5 Å². The van der Waals surface area contributed by atoms with E-state index in [-0.39, 0.29) is 11.4 Å². The maximum Gasteiger partial charge on any atom is 0.331 e. The summed E-state index contributed by atoms with van der Waals surface area (Å²) < 4.78 is 0. The first-order valence-electron chi connectivity index (χ1n) is 9.52. The molecule has 3 aliphatic carbocycles. The molecule has 134 valence electrons. The number of rotatable bonds is 3. The van der Waals surface area contributed by atoms with Crippen molar-refractivity contribution in [1.82, 2.24) is 14.9 Å². The van der Waals surface area contributed by atoms with Gasteiger partial charge in [-0.25, -0.2) is 9.78 Å². The molecule has 2 aliphatic heterocycles. The van der Waals surface area contributed by atoms with Gasteiger partial charge >= 0.3 is 6.03 Å². The summed E-state index contributed by atoms with van der Waals surface area (Å²) in [5.74, 6) is 2.50. The van der Waals surface area contributed by atoms with Crippen molar-refractivity contribution in [2.45, 2.75) is 62.9 Å². The molecule has 25 heavy (non-hydrogen) atoms. The van der Waals surface area contributed by atoms with Crippen molar-refractivity contribution in [3.05, 3.63) is 11.5 Å². The van der Waals surface area contributed by atoms with Gasteiger partial charge in [0.25, 0.3) is 0 Å². The van der Waals surface area contributed by atoms with Gasteiger partial charge in [0.15, 0.2) is 11.7 Å². The van der Waals surface area contributed by atoms with E-state index in [1.807, 2.05) is 0 Å². The van der Waals surface area contributed by atoms with E-state index in [1.165, 1.54) is 0 Å². The highest BCUT2D eigenvalue weighted by Gasteiger charge is 2.51. The molecular formula is C18H25N5O2. The standard InChI is InChI=1S/C18H25N5O2/c1-2-10-22-14-12(13-19-9-11-23(13)16(22)24)20-15(21-14)17-3-6-18(25,7-4-17)8-5-17/h25H,2-11H2,1H3,(H,20,21). The van der Waals surface area contributed by atoms with Gasteiger partial charge in [0, 0.05) is 18.5 Å². The number of amides is 2. The highest BCUT2D eigenvalue weighted by Crippen LogP contribution is 2.53. The fourth-order valence-corrected chi connectivity index (χ4v) is 5.00. The lowest BCUT2D eigenvalue weighted by Gasteiger charge is -2.49. The number of carbonyl (C=O) groups is 1. The Morgan fingerprint density at radius 3 is 2.60 bits per heavy atom. The van der Waals surface area contributed by atoms with Crippen molar-refractivity contribution in [1.29, 1.82) is 0 Å². The molecule has 1 aromatic rings. The first-order chi connectivity index (χ1) is 12.1. The number of aliphatic hydroxyl groups is 1. The van der Waals surface area contributed by atoms with Crippen LogP contribution in [0.2, 0.25) is 0 Å². The smallest absolute Gasteiger partial charge is 0.331 e. The topological polar surface area (TPSA) is 84.8 Å². The molecule has 5 aliphatic rings. The minimum atomic E-state index is -0.454. The monoisotopic (exact) mass is 343 g/mol. The second-order valence-corrected chi connectivity index (χ2v) is 8.08. The number of H-pyrrole nitrogens is 1. The number of anilines is 1. The maximum absolute atomic E-state index is 12.8. The number of fused-ring (bicyclic) bond motifs is 6. The zero-order valence-electron chi connectivity index (χ0n) is 14.7. The summed E-state index contributed by atoms with van der Waals surface area (Å²) in [6.45, 7) is 4.07. The van der Waals surface area contributed by atoms with Crippen molar-refractivity contribution in [3.8, 4) is 0 Å². The zero-order valence-corrected chi connectivity index (χ0v) is 14.7. The highest BCUT2D eigenvalue weighted by atomic mass is 16.3. The zero-order chi connectivity index (χ0) is 17.2. The van der Waals surface area contributed by atoms with E-state index >= 15 is 0 Å². The Morgan fingerprint density at radius 1 is 1.20 bits per heavy atom. The molecule has 3 saturated carbocycles. The first-order valence-corrected chi connectivity index (χ1v) is 9.52. The van der Waals surface area contributed by atoms with Gasteiger partial charge in [-0.05, 0) is 44.9 Å². The first kappa shape index (κ1) is 15.4. The lowest BCUT2D eigenvalue weighted by molar-refractivity contribution is -0.0678. The molecule has 1 aromatic heterocycles. The molecule has 0 spiro atoms. The van der Waals surface area contributed by atoms with Crippen LogP contribution in [0.15, 0.2) is 4.99 Å². The van der Waals surface area contributed by atoms with E-state index < -0.39 is 5.60 Å².